The number of aliphatic hydroxyl groups is 1. The quantitative estimate of drug-likeness (QED) is 0.826. The lowest BCUT2D eigenvalue weighted by Gasteiger charge is -2.28. The van der Waals surface area contributed by atoms with E-state index >= 15 is 0 Å². The summed E-state index contributed by atoms with van der Waals surface area (Å²) in [5, 5.41) is 19.0. The zero-order chi connectivity index (χ0) is 11.5. The second-order valence-corrected chi connectivity index (χ2v) is 3.49. The molecule has 0 bridgehead atoms. The predicted molar refractivity (Wildman–Crippen MR) is 53.2 cm³/mol. The molecule has 4 heteroatoms. The highest BCUT2D eigenvalue weighted by molar-refractivity contribution is 5.17. The third-order valence-corrected chi connectivity index (χ3v) is 2.62. The molecule has 1 aromatic heterocycles. The summed E-state index contributed by atoms with van der Waals surface area (Å²) >= 11 is 0. The van der Waals surface area contributed by atoms with E-state index in [0.717, 1.165) is 6.20 Å². The van der Waals surface area contributed by atoms with Crippen LogP contribution >= 0.6 is 0 Å². The summed E-state index contributed by atoms with van der Waals surface area (Å²) in [5.74, 6) is -1.04. The van der Waals surface area contributed by atoms with Crippen LogP contribution in [-0.4, -0.2) is 10.1 Å². The van der Waals surface area contributed by atoms with Gasteiger partial charge in [-0.25, -0.2) is 4.39 Å². The van der Waals surface area contributed by atoms with Crippen LogP contribution in [0.1, 0.15) is 26.0 Å². The van der Waals surface area contributed by atoms with Gasteiger partial charge < -0.3 is 5.11 Å². The molecule has 0 radical (unpaired) electrons. The highest BCUT2D eigenvalue weighted by Gasteiger charge is 2.35. The van der Waals surface area contributed by atoms with E-state index in [2.05, 4.69) is 4.98 Å². The summed E-state index contributed by atoms with van der Waals surface area (Å²) in [6.07, 6.45) is 1.40. The van der Waals surface area contributed by atoms with Gasteiger partial charge in [0.15, 0.2) is 0 Å². The summed E-state index contributed by atoms with van der Waals surface area (Å²) in [7, 11) is 0. The summed E-state index contributed by atoms with van der Waals surface area (Å²) in [6.45, 7) is 3.38. The van der Waals surface area contributed by atoms with Gasteiger partial charge in [-0.15, -0.1) is 0 Å². The van der Waals surface area contributed by atoms with Crippen molar-refractivity contribution >= 4 is 0 Å². The maximum Gasteiger partial charge on any atom is 0.141 e. The Bertz CT molecular complexity index is 371. The molecular weight excluding hydrogens is 195 g/mol. The van der Waals surface area contributed by atoms with Crippen molar-refractivity contribution in [3.63, 3.8) is 0 Å². The van der Waals surface area contributed by atoms with Crippen LogP contribution in [0.2, 0.25) is 0 Å². The van der Waals surface area contributed by atoms with Gasteiger partial charge in [0.1, 0.15) is 11.4 Å². The van der Waals surface area contributed by atoms with Crippen LogP contribution < -0.4 is 0 Å². The molecule has 1 N–H and O–H groups in total. The van der Waals surface area contributed by atoms with Crippen molar-refractivity contribution in [1.29, 1.82) is 5.26 Å². The first-order valence-electron chi connectivity index (χ1n) is 4.78. The fourth-order valence-electron chi connectivity index (χ4n) is 1.45. The van der Waals surface area contributed by atoms with Crippen LogP contribution in [0.4, 0.5) is 4.39 Å². The Morgan fingerprint density at radius 3 is 2.73 bits per heavy atom. The molecule has 1 aromatic rings. The summed E-state index contributed by atoms with van der Waals surface area (Å²) < 4.78 is 12.7. The minimum atomic E-state index is -1.30. The van der Waals surface area contributed by atoms with Crippen molar-refractivity contribution in [1.82, 2.24) is 4.98 Å². The average Bonchev–Trinajstić information content (AvgIpc) is 2.27. The molecule has 0 aliphatic heterocycles. The molecule has 1 heterocycles. The fraction of sp³-hybridized carbons (Fsp3) is 0.455. The molecule has 3 nitrogen and oxygen atoms in total. The molecule has 0 aliphatic rings. The van der Waals surface area contributed by atoms with E-state index in [-0.39, 0.29) is 0 Å². The van der Waals surface area contributed by atoms with E-state index < -0.39 is 17.3 Å². The number of halogens is 1. The Hall–Kier alpha value is -1.47. The Balaban J connectivity index is 3.12. The first-order chi connectivity index (χ1) is 7.04. The van der Waals surface area contributed by atoms with Gasteiger partial charge in [-0.3, -0.25) is 4.98 Å². The normalized spacial score (nSPS) is 16.5. The molecule has 0 spiro atoms. The molecule has 0 amide bonds. The van der Waals surface area contributed by atoms with E-state index in [1.165, 1.54) is 12.1 Å². The van der Waals surface area contributed by atoms with Crippen molar-refractivity contribution in [3.05, 3.63) is 29.8 Å². The molecule has 0 fully saturated rings. The van der Waals surface area contributed by atoms with E-state index in [0.29, 0.717) is 12.1 Å². The minimum absolute atomic E-state index is 0.334. The molecule has 15 heavy (non-hydrogen) atoms. The molecule has 0 aliphatic carbocycles. The van der Waals surface area contributed by atoms with Crippen molar-refractivity contribution in [2.24, 2.45) is 5.92 Å². The van der Waals surface area contributed by atoms with E-state index in [9.17, 15) is 9.50 Å². The molecular formula is C11H13FN2O. The molecule has 2 unspecified atom stereocenters. The Morgan fingerprint density at radius 1 is 1.67 bits per heavy atom. The Kier molecular flexibility index (Phi) is 3.38. The molecule has 0 aromatic carbocycles. The van der Waals surface area contributed by atoms with Gasteiger partial charge in [-0.2, -0.15) is 5.26 Å². The monoisotopic (exact) mass is 208 g/mol. The largest absolute Gasteiger partial charge is 0.382 e. The zero-order valence-electron chi connectivity index (χ0n) is 8.74. The van der Waals surface area contributed by atoms with E-state index in [1.807, 2.05) is 6.07 Å². The number of rotatable bonds is 3. The topological polar surface area (TPSA) is 56.9 Å². The number of pyridine rings is 1. The predicted octanol–water partition coefficient (Wildman–Crippen LogP) is 1.98. The first-order valence-corrected chi connectivity index (χ1v) is 4.78. The van der Waals surface area contributed by atoms with Crippen molar-refractivity contribution in [3.8, 4) is 6.07 Å². The molecule has 0 saturated heterocycles. The lowest BCUT2D eigenvalue weighted by molar-refractivity contribution is -0.00471. The van der Waals surface area contributed by atoms with Gasteiger partial charge in [0.2, 0.25) is 0 Å². The number of hydrogen-bond acceptors (Lipinski definition) is 3. The summed E-state index contributed by atoms with van der Waals surface area (Å²) in [5.41, 5.74) is -0.969. The molecule has 2 atom stereocenters. The lowest BCUT2D eigenvalue weighted by atomic mass is 9.84. The van der Waals surface area contributed by atoms with Crippen molar-refractivity contribution < 1.29 is 9.50 Å². The number of nitrogens with zero attached hydrogens (tertiary/aromatic N) is 2. The highest BCUT2D eigenvalue weighted by Crippen LogP contribution is 2.31. The smallest absolute Gasteiger partial charge is 0.141 e. The minimum Gasteiger partial charge on any atom is -0.382 e. The van der Waals surface area contributed by atoms with Crippen LogP contribution in [0.3, 0.4) is 0 Å². The average molecular weight is 208 g/mol. The SMILES string of the molecule is CCC(O)(c1ccc(F)cn1)C(C)C#N. The maximum absolute atomic E-state index is 12.7. The summed E-state index contributed by atoms with van der Waals surface area (Å²) in [6, 6.07) is 4.62. The van der Waals surface area contributed by atoms with Crippen LogP contribution in [0.15, 0.2) is 18.3 Å². The molecule has 80 valence electrons. The Labute approximate surface area is 88.2 Å². The Morgan fingerprint density at radius 2 is 2.33 bits per heavy atom. The van der Waals surface area contributed by atoms with Gasteiger partial charge in [-0.1, -0.05) is 6.92 Å². The van der Waals surface area contributed by atoms with Crippen LogP contribution in [0.5, 0.6) is 0 Å². The molecule has 0 saturated carbocycles. The van der Waals surface area contributed by atoms with Gasteiger partial charge in [-0.05, 0) is 25.5 Å². The van der Waals surface area contributed by atoms with Gasteiger partial charge >= 0.3 is 0 Å². The fourth-order valence-corrected chi connectivity index (χ4v) is 1.45. The van der Waals surface area contributed by atoms with Crippen LogP contribution in [0.25, 0.3) is 0 Å². The van der Waals surface area contributed by atoms with E-state index in [4.69, 9.17) is 5.26 Å². The second-order valence-electron chi connectivity index (χ2n) is 3.49. The van der Waals surface area contributed by atoms with Gasteiger partial charge in [0.25, 0.3) is 0 Å². The van der Waals surface area contributed by atoms with Gasteiger partial charge in [0.05, 0.1) is 23.9 Å². The highest BCUT2D eigenvalue weighted by atomic mass is 19.1. The van der Waals surface area contributed by atoms with Gasteiger partial charge in [0, 0.05) is 0 Å². The third kappa shape index (κ3) is 2.13. The van der Waals surface area contributed by atoms with E-state index in [1.54, 1.807) is 13.8 Å². The van der Waals surface area contributed by atoms with Crippen molar-refractivity contribution in [2.45, 2.75) is 25.9 Å². The van der Waals surface area contributed by atoms with Crippen LogP contribution in [0, 0.1) is 23.1 Å². The number of hydrogen-bond donors (Lipinski definition) is 1. The van der Waals surface area contributed by atoms with Crippen LogP contribution in [-0.2, 0) is 5.60 Å². The first kappa shape index (κ1) is 11.6. The van der Waals surface area contributed by atoms with Crippen molar-refractivity contribution in [2.75, 3.05) is 0 Å². The summed E-state index contributed by atoms with van der Waals surface area (Å²) in [4.78, 5) is 3.81. The number of aromatic nitrogens is 1. The molecule has 1 rings (SSSR count). The third-order valence-electron chi connectivity index (χ3n) is 2.62. The standard InChI is InChI=1S/C11H13FN2O/c1-3-11(15,8(2)6-13)10-5-4-9(12)7-14-10/h4-5,7-8,15H,3H2,1-2H3. The second kappa shape index (κ2) is 4.37. The number of nitriles is 1. The lowest BCUT2D eigenvalue weighted by Crippen LogP contribution is -2.33. The zero-order valence-corrected chi connectivity index (χ0v) is 8.74. The maximum atomic E-state index is 12.7.